The molecule has 0 saturated carbocycles. The highest BCUT2D eigenvalue weighted by atomic mass is 32.1. The van der Waals surface area contributed by atoms with E-state index in [1.165, 1.54) is 16.8 Å². The standard InChI is InChI=1S/C31H45N3S/c1-11-27(32-9)24(8)31(22(6)19-23(7)35)34(10)29-18-13-12-17-28(29)33-30-25(20(2)3)15-14-16-26(30)21(4)5/h11-21,24,27,31-33,35H,1,6H2,2-5,7-10H3/b23-19+. The van der Waals surface area contributed by atoms with Gasteiger partial charge in [0.2, 0.25) is 0 Å². The average Bonchev–Trinajstić information content (AvgIpc) is 2.79. The molecule has 2 aromatic rings. The van der Waals surface area contributed by atoms with E-state index in [0.29, 0.717) is 11.8 Å². The van der Waals surface area contributed by atoms with E-state index in [1.807, 2.05) is 20.0 Å². The second kappa shape index (κ2) is 13.0. The molecule has 0 spiro atoms. The molecule has 4 heteroatoms. The Morgan fingerprint density at radius 1 is 0.971 bits per heavy atom. The van der Waals surface area contributed by atoms with Gasteiger partial charge in [-0.3, -0.25) is 0 Å². The lowest BCUT2D eigenvalue weighted by Gasteiger charge is -2.39. The summed E-state index contributed by atoms with van der Waals surface area (Å²) in [4.78, 5) is 3.28. The smallest absolute Gasteiger partial charge is 0.0622 e. The lowest BCUT2D eigenvalue weighted by Crippen LogP contribution is -2.46. The molecule has 190 valence electrons. The van der Waals surface area contributed by atoms with Gasteiger partial charge < -0.3 is 15.5 Å². The highest BCUT2D eigenvalue weighted by molar-refractivity contribution is 7.84. The zero-order valence-electron chi connectivity index (χ0n) is 22.9. The van der Waals surface area contributed by atoms with Crippen molar-refractivity contribution in [2.45, 2.75) is 65.5 Å². The Bertz CT molecular complexity index is 1010. The third-order valence-corrected chi connectivity index (χ3v) is 6.89. The molecule has 0 aliphatic carbocycles. The molecule has 0 aliphatic heterocycles. The molecular formula is C31H45N3S. The molecule has 0 radical (unpaired) electrons. The molecule has 0 fully saturated rings. The normalized spacial score (nSPS) is 14.5. The molecule has 0 aromatic heterocycles. The van der Waals surface area contributed by atoms with E-state index in [-0.39, 0.29) is 18.0 Å². The summed E-state index contributed by atoms with van der Waals surface area (Å²) >= 11 is 4.53. The third kappa shape index (κ3) is 7.05. The van der Waals surface area contributed by atoms with E-state index in [0.717, 1.165) is 21.9 Å². The van der Waals surface area contributed by atoms with Crippen molar-refractivity contribution in [1.29, 1.82) is 0 Å². The fourth-order valence-corrected chi connectivity index (χ4v) is 5.12. The number of nitrogens with zero attached hydrogens (tertiary/aromatic N) is 1. The van der Waals surface area contributed by atoms with E-state index < -0.39 is 0 Å². The Labute approximate surface area is 219 Å². The van der Waals surface area contributed by atoms with E-state index in [9.17, 15) is 0 Å². The molecule has 0 bridgehead atoms. The van der Waals surface area contributed by atoms with E-state index in [4.69, 9.17) is 0 Å². The fraction of sp³-hybridized carbons (Fsp3) is 0.419. The summed E-state index contributed by atoms with van der Waals surface area (Å²) in [6, 6.07) is 15.4. The summed E-state index contributed by atoms with van der Waals surface area (Å²) in [5.41, 5.74) is 7.11. The van der Waals surface area contributed by atoms with Crippen molar-refractivity contribution < 1.29 is 0 Å². The molecule has 3 unspecified atom stereocenters. The molecule has 0 aliphatic rings. The Morgan fingerprint density at radius 2 is 1.54 bits per heavy atom. The van der Waals surface area contributed by atoms with Gasteiger partial charge in [0.1, 0.15) is 0 Å². The molecular weight excluding hydrogens is 446 g/mol. The van der Waals surface area contributed by atoms with Crippen LogP contribution in [0.2, 0.25) is 0 Å². The van der Waals surface area contributed by atoms with Crippen molar-refractivity contribution in [3.63, 3.8) is 0 Å². The van der Waals surface area contributed by atoms with Crippen LogP contribution in [-0.2, 0) is 0 Å². The van der Waals surface area contributed by atoms with Crippen LogP contribution in [0.15, 0.2) is 78.3 Å². The average molecular weight is 492 g/mol. The van der Waals surface area contributed by atoms with Crippen LogP contribution in [0, 0.1) is 5.92 Å². The van der Waals surface area contributed by atoms with E-state index in [1.54, 1.807) is 0 Å². The van der Waals surface area contributed by atoms with Gasteiger partial charge in [0.25, 0.3) is 0 Å². The van der Waals surface area contributed by atoms with Gasteiger partial charge >= 0.3 is 0 Å². The molecule has 2 aromatic carbocycles. The Morgan fingerprint density at radius 3 is 2.03 bits per heavy atom. The lowest BCUT2D eigenvalue weighted by atomic mass is 9.87. The highest BCUT2D eigenvalue weighted by Crippen LogP contribution is 2.38. The molecule has 0 amide bonds. The summed E-state index contributed by atoms with van der Waals surface area (Å²) in [5.74, 6) is 1.06. The van der Waals surface area contributed by atoms with Crippen molar-refractivity contribution >= 4 is 29.7 Å². The Balaban J connectivity index is 2.62. The third-order valence-electron chi connectivity index (χ3n) is 6.76. The van der Waals surface area contributed by atoms with Crippen LogP contribution in [0.25, 0.3) is 0 Å². The van der Waals surface area contributed by atoms with Gasteiger partial charge in [-0.1, -0.05) is 77.6 Å². The minimum atomic E-state index is 0.0420. The first-order valence-corrected chi connectivity index (χ1v) is 13.1. The number of para-hydroxylation sites is 3. The number of hydrogen-bond acceptors (Lipinski definition) is 4. The first-order valence-electron chi connectivity index (χ1n) is 12.6. The van der Waals surface area contributed by atoms with Crippen LogP contribution in [0.4, 0.5) is 17.1 Å². The van der Waals surface area contributed by atoms with Crippen LogP contribution >= 0.6 is 12.6 Å². The second-order valence-electron chi connectivity index (χ2n) is 10.1. The predicted octanol–water partition coefficient (Wildman–Crippen LogP) is 8.28. The Kier molecular flexibility index (Phi) is 10.7. The van der Waals surface area contributed by atoms with Gasteiger partial charge in [-0.25, -0.2) is 0 Å². The maximum absolute atomic E-state index is 4.53. The molecule has 0 saturated heterocycles. The second-order valence-corrected chi connectivity index (χ2v) is 10.8. The first kappa shape index (κ1) is 28.8. The number of allylic oxidation sites excluding steroid dienone is 1. The zero-order valence-corrected chi connectivity index (χ0v) is 23.8. The topological polar surface area (TPSA) is 27.3 Å². The van der Waals surface area contributed by atoms with Crippen molar-refractivity contribution in [2.75, 3.05) is 24.3 Å². The number of hydrogen-bond donors (Lipinski definition) is 3. The number of rotatable bonds is 12. The molecule has 2 rings (SSSR count). The number of nitrogens with one attached hydrogen (secondary N) is 2. The predicted molar refractivity (Wildman–Crippen MR) is 161 cm³/mol. The van der Waals surface area contributed by atoms with Crippen molar-refractivity contribution in [2.24, 2.45) is 5.92 Å². The van der Waals surface area contributed by atoms with Gasteiger partial charge in [0.15, 0.2) is 0 Å². The maximum atomic E-state index is 4.53. The summed E-state index contributed by atoms with van der Waals surface area (Å²) in [5, 5.41) is 7.25. The van der Waals surface area contributed by atoms with Crippen molar-refractivity contribution in [3.05, 3.63) is 89.4 Å². The number of benzene rings is 2. The summed E-state index contributed by atoms with van der Waals surface area (Å²) in [7, 11) is 4.14. The summed E-state index contributed by atoms with van der Waals surface area (Å²) < 4.78 is 0. The van der Waals surface area contributed by atoms with Gasteiger partial charge in [0.05, 0.1) is 17.4 Å². The maximum Gasteiger partial charge on any atom is 0.0622 e. The molecule has 3 atom stereocenters. The molecule has 0 heterocycles. The van der Waals surface area contributed by atoms with Gasteiger partial charge in [-0.05, 0) is 71.5 Å². The Hall–Kier alpha value is -2.43. The van der Waals surface area contributed by atoms with Crippen LogP contribution in [0.3, 0.4) is 0 Å². The van der Waals surface area contributed by atoms with Crippen LogP contribution < -0.4 is 15.5 Å². The molecule has 3 nitrogen and oxygen atoms in total. The van der Waals surface area contributed by atoms with Crippen molar-refractivity contribution in [3.8, 4) is 0 Å². The fourth-order valence-electron chi connectivity index (χ4n) is 4.95. The van der Waals surface area contributed by atoms with Gasteiger partial charge in [-0.2, -0.15) is 0 Å². The van der Waals surface area contributed by atoms with E-state index in [2.05, 4.69) is 132 Å². The van der Waals surface area contributed by atoms with Crippen LogP contribution in [-0.4, -0.2) is 26.2 Å². The summed E-state index contributed by atoms with van der Waals surface area (Å²) in [6.07, 6.45) is 4.05. The van der Waals surface area contributed by atoms with Crippen molar-refractivity contribution in [1.82, 2.24) is 5.32 Å². The van der Waals surface area contributed by atoms with Crippen LogP contribution in [0.5, 0.6) is 0 Å². The highest BCUT2D eigenvalue weighted by Gasteiger charge is 2.29. The SMILES string of the molecule is C=CC(NC)C(C)C(C(=C)/C=C(\C)S)N(C)c1ccccc1Nc1c(C(C)C)cccc1C(C)C. The number of likely N-dealkylation sites (N-methyl/N-ethyl adjacent to an activating group) is 2. The first-order chi connectivity index (χ1) is 16.5. The largest absolute Gasteiger partial charge is 0.366 e. The monoisotopic (exact) mass is 491 g/mol. The molecule has 35 heavy (non-hydrogen) atoms. The van der Waals surface area contributed by atoms with Gasteiger partial charge in [0, 0.05) is 18.8 Å². The molecule has 2 N–H and O–H groups in total. The minimum absolute atomic E-state index is 0.0420. The van der Waals surface area contributed by atoms with Gasteiger partial charge in [-0.15, -0.1) is 19.2 Å². The minimum Gasteiger partial charge on any atom is -0.366 e. The van der Waals surface area contributed by atoms with E-state index >= 15 is 0 Å². The number of anilines is 3. The quantitative estimate of drug-likeness (QED) is 0.158. The number of thiol groups is 1. The lowest BCUT2D eigenvalue weighted by molar-refractivity contribution is 0.407. The zero-order chi connectivity index (χ0) is 26.3. The summed E-state index contributed by atoms with van der Waals surface area (Å²) in [6.45, 7) is 21.8. The van der Waals surface area contributed by atoms with Crippen LogP contribution in [0.1, 0.15) is 64.5 Å².